The van der Waals surface area contributed by atoms with Crippen LogP contribution in [0.3, 0.4) is 0 Å². The lowest BCUT2D eigenvalue weighted by molar-refractivity contribution is -0.119. The van der Waals surface area contributed by atoms with Crippen molar-refractivity contribution >= 4 is 29.8 Å². The largest absolute Gasteiger partial charge is 0.381 e. The van der Waals surface area contributed by atoms with E-state index in [1.807, 2.05) is 12.1 Å². The zero-order valence-electron chi connectivity index (χ0n) is 9.60. The number of halogens is 1. The number of nitrogens with one attached hydrogen (secondary N) is 2. The number of carbonyl (C=O) groups is 1. The molecule has 5 nitrogen and oxygen atoms in total. The van der Waals surface area contributed by atoms with Gasteiger partial charge in [0.05, 0.1) is 24.4 Å². The summed E-state index contributed by atoms with van der Waals surface area (Å²) in [6.07, 6.45) is 2.44. The normalized spacial score (nSPS) is 18.3. The van der Waals surface area contributed by atoms with Gasteiger partial charge in [0, 0.05) is 13.7 Å². The quantitative estimate of drug-likeness (QED) is 0.862. The second-order valence-electron chi connectivity index (χ2n) is 3.73. The summed E-state index contributed by atoms with van der Waals surface area (Å²) in [5.41, 5.74) is 0.718. The van der Waals surface area contributed by atoms with E-state index in [2.05, 4.69) is 15.6 Å². The van der Waals surface area contributed by atoms with Gasteiger partial charge in [0.1, 0.15) is 5.82 Å². The maximum atomic E-state index is 11.7. The number of hydrogen-bond acceptors (Lipinski definition) is 4. The molecule has 17 heavy (non-hydrogen) atoms. The molecule has 1 aromatic rings. The molecule has 1 aromatic heterocycles. The van der Waals surface area contributed by atoms with Gasteiger partial charge in [-0.05, 0) is 18.6 Å². The van der Waals surface area contributed by atoms with Gasteiger partial charge in [0.25, 0.3) is 0 Å². The van der Waals surface area contributed by atoms with Crippen LogP contribution >= 0.6 is 12.4 Å². The molecule has 0 aliphatic carbocycles. The first-order valence-electron chi connectivity index (χ1n) is 5.32. The van der Waals surface area contributed by atoms with Gasteiger partial charge in [-0.15, -0.1) is 12.4 Å². The highest BCUT2D eigenvalue weighted by Crippen LogP contribution is 2.16. The average Bonchev–Trinajstić information content (AvgIpc) is 2.83. The number of anilines is 2. The zero-order valence-corrected chi connectivity index (χ0v) is 10.4. The standard InChI is InChI=1S/C11H15N3O2.ClH/c1-12-10-3-2-9(6-13-10)14-11(15)8-4-5-16-7-8;/h2-3,6,8H,4-5,7H2,1H3,(H,12,13)(H,14,15);1H. The summed E-state index contributed by atoms with van der Waals surface area (Å²) in [5.74, 6) is 0.766. The summed E-state index contributed by atoms with van der Waals surface area (Å²) < 4.78 is 5.17. The molecule has 94 valence electrons. The van der Waals surface area contributed by atoms with Gasteiger partial charge >= 0.3 is 0 Å². The van der Waals surface area contributed by atoms with Crippen molar-refractivity contribution in [1.29, 1.82) is 0 Å². The maximum absolute atomic E-state index is 11.7. The minimum atomic E-state index is -0.0241. The number of amides is 1. The van der Waals surface area contributed by atoms with E-state index in [-0.39, 0.29) is 24.2 Å². The van der Waals surface area contributed by atoms with Gasteiger partial charge < -0.3 is 15.4 Å². The van der Waals surface area contributed by atoms with Crippen LogP contribution in [0.5, 0.6) is 0 Å². The summed E-state index contributed by atoms with van der Waals surface area (Å²) in [5, 5.41) is 5.74. The van der Waals surface area contributed by atoms with E-state index in [1.165, 1.54) is 0 Å². The lowest BCUT2D eigenvalue weighted by Gasteiger charge is -2.09. The molecule has 0 spiro atoms. The molecule has 0 saturated carbocycles. The van der Waals surface area contributed by atoms with Gasteiger partial charge in [-0.2, -0.15) is 0 Å². The molecule has 1 atom stereocenters. The Hall–Kier alpha value is -1.33. The van der Waals surface area contributed by atoms with Gasteiger partial charge in [-0.3, -0.25) is 4.79 Å². The van der Waals surface area contributed by atoms with Crippen LogP contribution in [-0.2, 0) is 9.53 Å². The van der Waals surface area contributed by atoms with Crippen molar-refractivity contribution < 1.29 is 9.53 Å². The Morgan fingerprint density at radius 2 is 2.35 bits per heavy atom. The molecule has 2 heterocycles. The number of pyridine rings is 1. The first kappa shape index (κ1) is 13.7. The predicted octanol–water partition coefficient (Wildman–Crippen LogP) is 1.52. The number of rotatable bonds is 3. The number of nitrogens with zero attached hydrogens (tertiary/aromatic N) is 1. The molecule has 1 amide bonds. The SMILES string of the molecule is CNc1ccc(NC(=O)C2CCOC2)cn1.Cl. The van der Waals surface area contributed by atoms with Crippen LogP contribution < -0.4 is 10.6 Å². The third-order valence-corrected chi connectivity index (χ3v) is 2.59. The third kappa shape index (κ3) is 3.57. The molecule has 1 saturated heterocycles. The first-order chi connectivity index (χ1) is 7.79. The third-order valence-electron chi connectivity index (χ3n) is 2.59. The average molecular weight is 258 g/mol. The van der Waals surface area contributed by atoms with Gasteiger partial charge in [0.2, 0.25) is 5.91 Å². The molecular formula is C11H16ClN3O2. The molecule has 1 aliphatic heterocycles. The molecule has 1 unspecified atom stereocenters. The van der Waals surface area contributed by atoms with Crippen LogP contribution in [0, 0.1) is 5.92 Å². The van der Waals surface area contributed by atoms with E-state index < -0.39 is 0 Å². The van der Waals surface area contributed by atoms with E-state index in [0.717, 1.165) is 17.9 Å². The van der Waals surface area contributed by atoms with Gasteiger partial charge in [0.15, 0.2) is 0 Å². The molecule has 6 heteroatoms. The lowest BCUT2D eigenvalue weighted by Crippen LogP contribution is -2.22. The van der Waals surface area contributed by atoms with Crippen LogP contribution in [0.1, 0.15) is 6.42 Å². The Bertz CT molecular complexity index is 363. The molecule has 1 fully saturated rings. The van der Waals surface area contributed by atoms with Crippen molar-refractivity contribution in [1.82, 2.24) is 4.98 Å². The van der Waals surface area contributed by atoms with Crippen molar-refractivity contribution in [2.75, 3.05) is 30.9 Å². The summed E-state index contributed by atoms with van der Waals surface area (Å²) in [6, 6.07) is 3.65. The number of hydrogen-bond donors (Lipinski definition) is 2. The molecule has 0 bridgehead atoms. The highest BCUT2D eigenvalue weighted by atomic mass is 35.5. The van der Waals surface area contributed by atoms with Crippen LogP contribution in [0.15, 0.2) is 18.3 Å². The minimum Gasteiger partial charge on any atom is -0.381 e. The Labute approximate surface area is 106 Å². The van der Waals surface area contributed by atoms with E-state index >= 15 is 0 Å². The predicted molar refractivity (Wildman–Crippen MR) is 68.6 cm³/mol. The molecule has 1 aliphatic rings. The smallest absolute Gasteiger partial charge is 0.229 e. The lowest BCUT2D eigenvalue weighted by atomic mass is 10.1. The molecule has 2 rings (SSSR count). The fraction of sp³-hybridized carbons (Fsp3) is 0.455. The summed E-state index contributed by atoms with van der Waals surface area (Å²) >= 11 is 0. The Kier molecular flexibility index (Phi) is 5.18. The fourth-order valence-corrected chi connectivity index (χ4v) is 1.60. The highest BCUT2D eigenvalue weighted by molar-refractivity contribution is 5.92. The Morgan fingerprint density at radius 1 is 1.53 bits per heavy atom. The minimum absolute atomic E-state index is 0. The fourth-order valence-electron chi connectivity index (χ4n) is 1.60. The second-order valence-corrected chi connectivity index (χ2v) is 3.73. The monoisotopic (exact) mass is 257 g/mol. The zero-order chi connectivity index (χ0) is 11.4. The van der Waals surface area contributed by atoms with Crippen LogP contribution in [0.2, 0.25) is 0 Å². The van der Waals surface area contributed by atoms with Crippen molar-refractivity contribution in [3.8, 4) is 0 Å². The van der Waals surface area contributed by atoms with Gasteiger partial charge in [-0.1, -0.05) is 0 Å². The van der Waals surface area contributed by atoms with Crippen LogP contribution in [0.25, 0.3) is 0 Å². The number of aromatic nitrogens is 1. The van der Waals surface area contributed by atoms with Crippen molar-refractivity contribution in [3.63, 3.8) is 0 Å². The molecule has 2 N–H and O–H groups in total. The second kappa shape index (κ2) is 6.42. The van der Waals surface area contributed by atoms with Crippen LogP contribution in [0.4, 0.5) is 11.5 Å². The number of ether oxygens (including phenoxy) is 1. The van der Waals surface area contributed by atoms with Crippen molar-refractivity contribution in [2.24, 2.45) is 5.92 Å². The highest BCUT2D eigenvalue weighted by Gasteiger charge is 2.23. The van der Waals surface area contributed by atoms with E-state index in [9.17, 15) is 4.79 Å². The topological polar surface area (TPSA) is 63.2 Å². The van der Waals surface area contributed by atoms with E-state index in [0.29, 0.717) is 13.2 Å². The Balaban J connectivity index is 0.00000144. The number of carbonyl (C=O) groups excluding carboxylic acids is 1. The van der Waals surface area contributed by atoms with E-state index in [1.54, 1.807) is 13.2 Å². The summed E-state index contributed by atoms with van der Waals surface area (Å²) in [6.45, 7) is 1.20. The molecule has 0 radical (unpaired) electrons. The van der Waals surface area contributed by atoms with Gasteiger partial charge in [-0.25, -0.2) is 4.98 Å². The summed E-state index contributed by atoms with van der Waals surface area (Å²) in [7, 11) is 1.80. The first-order valence-corrected chi connectivity index (χ1v) is 5.32. The van der Waals surface area contributed by atoms with Crippen molar-refractivity contribution in [3.05, 3.63) is 18.3 Å². The maximum Gasteiger partial charge on any atom is 0.229 e. The molecular weight excluding hydrogens is 242 g/mol. The van der Waals surface area contributed by atoms with Crippen LogP contribution in [-0.4, -0.2) is 31.2 Å². The van der Waals surface area contributed by atoms with Crippen molar-refractivity contribution in [2.45, 2.75) is 6.42 Å². The molecule has 0 aromatic carbocycles. The van der Waals surface area contributed by atoms with E-state index in [4.69, 9.17) is 4.74 Å². The Morgan fingerprint density at radius 3 is 2.88 bits per heavy atom. The summed E-state index contributed by atoms with van der Waals surface area (Å²) in [4.78, 5) is 15.9.